The van der Waals surface area contributed by atoms with E-state index in [0.717, 1.165) is 41.8 Å². The molecule has 1 aromatic heterocycles. The van der Waals surface area contributed by atoms with Crippen LogP contribution in [0.4, 0.5) is 0 Å². The van der Waals surface area contributed by atoms with E-state index in [-0.39, 0.29) is 24.2 Å². The van der Waals surface area contributed by atoms with E-state index >= 15 is 0 Å². The molecule has 2 N–H and O–H groups in total. The van der Waals surface area contributed by atoms with E-state index in [9.17, 15) is 9.59 Å². The summed E-state index contributed by atoms with van der Waals surface area (Å²) in [6.07, 6.45) is 1.99. The zero-order chi connectivity index (χ0) is 24.9. The van der Waals surface area contributed by atoms with Crippen LogP contribution in [0.15, 0.2) is 48.5 Å². The Bertz CT molecular complexity index is 1380. The lowest BCUT2D eigenvalue weighted by Crippen LogP contribution is -3.00. The molecule has 0 fully saturated rings. The predicted molar refractivity (Wildman–Crippen MR) is 129 cm³/mol. The minimum absolute atomic E-state index is 0. The first kappa shape index (κ1) is 26.4. The Kier molecular flexibility index (Phi) is 8.42. The molecule has 0 spiro atoms. The van der Waals surface area contributed by atoms with E-state index in [0.29, 0.717) is 35.3 Å². The molecule has 0 atom stereocenters. The zero-order valence-corrected chi connectivity index (χ0v) is 20.9. The number of fused-ring (bicyclic) bond motifs is 1. The molecule has 3 aromatic rings. The average Bonchev–Trinajstić information content (AvgIpc) is 3.38. The number of carbonyl (C=O) groups is 2. The number of nitriles is 2. The van der Waals surface area contributed by atoms with Crippen molar-refractivity contribution in [3.05, 3.63) is 98.9 Å². The van der Waals surface area contributed by atoms with Gasteiger partial charge in [-0.05, 0) is 61.0 Å². The third kappa shape index (κ3) is 5.38. The Labute approximate surface area is 216 Å². The van der Waals surface area contributed by atoms with Crippen LogP contribution >= 0.6 is 0 Å². The van der Waals surface area contributed by atoms with Gasteiger partial charge in [0.1, 0.15) is 6.54 Å². The highest BCUT2D eigenvalue weighted by Crippen LogP contribution is 2.23. The predicted octanol–water partition coefficient (Wildman–Crippen LogP) is 0.145. The van der Waals surface area contributed by atoms with E-state index in [1.807, 2.05) is 6.92 Å². The van der Waals surface area contributed by atoms with Crippen LogP contribution in [0.25, 0.3) is 0 Å². The van der Waals surface area contributed by atoms with Crippen LogP contribution in [-0.2, 0) is 26.1 Å². The highest BCUT2D eigenvalue weighted by atomic mass is 35.5. The minimum Gasteiger partial charge on any atom is -1.00 e. The summed E-state index contributed by atoms with van der Waals surface area (Å²) < 4.78 is 2.29. The Balaban J connectivity index is 0.00000361. The van der Waals surface area contributed by atoms with E-state index < -0.39 is 0 Å². The zero-order valence-electron chi connectivity index (χ0n) is 20.2. The molecule has 2 heterocycles. The monoisotopic (exact) mass is 499 g/mol. The van der Waals surface area contributed by atoms with Gasteiger partial charge in [-0.15, -0.1) is 0 Å². The summed E-state index contributed by atoms with van der Waals surface area (Å²) in [5.41, 5.74) is 7.57. The maximum Gasteiger partial charge on any atom is 0.251 e. The summed E-state index contributed by atoms with van der Waals surface area (Å²) >= 11 is 0. The number of hydrogen-bond acceptors (Lipinski definition) is 4. The fourth-order valence-electron chi connectivity index (χ4n) is 4.62. The standard InChI is InChI=1S/C28H25N5O2.ClH/c1-18-24(16-31-27(34)22-9-5-20(14-29)6-10-22)19(2)33-13-3-4-26(33)25(18)17-32-28(35)23-11-7-21(15-30)8-12-23;/h5-12H,3-4,13,16-17H2,1-2H3,(H-,31,32,34,35);1H. The van der Waals surface area contributed by atoms with Gasteiger partial charge in [0.2, 0.25) is 0 Å². The van der Waals surface area contributed by atoms with Crippen molar-refractivity contribution in [1.82, 2.24) is 10.6 Å². The van der Waals surface area contributed by atoms with Crippen LogP contribution in [0.5, 0.6) is 0 Å². The fourth-order valence-corrected chi connectivity index (χ4v) is 4.62. The number of carbonyl (C=O) groups excluding carboxylic acids is 2. The summed E-state index contributed by atoms with van der Waals surface area (Å²) in [4.78, 5) is 25.4. The van der Waals surface area contributed by atoms with Crippen molar-refractivity contribution in [2.45, 2.75) is 46.3 Å². The molecule has 2 aromatic carbocycles. The first-order chi connectivity index (χ1) is 16.9. The van der Waals surface area contributed by atoms with E-state index in [1.54, 1.807) is 48.5 Å². The van der Waals surface area contributed by atoms with Crippen LogP contribution in [0.2, 0.25) is 0 Å². The molecule has 1 aliphatic rings. The van der Waals surface area contributed by atoms with Crippen molar-refractivity contribution in [2.24, 2.45) is 0 Å². The third-order valence-corrected chi connectivity index (χ3v) is 6.62. The van der Waals surface area contributed by atoms with Gasteiger partial charge >= 0.3 is 0 Å². The van der Waals surface area contributed by atoms with Crippen molar-refractivity contribution in [3.63, 3.8) is 0 Å². The van der Waals surface area contributed by atoms with Crippen LogP contribution in [-0.4, -0.2) is 11.8 Å². The molecule has 0 radical (unpaired) electrons. The molecule has 0 saturated carbocycles. The summed E-state index contributed by atoms with van der Waals surface area (Å²) in [6.45, 7) is 5.78. The van der Waals surface area contributed by atoms with Gasteiger partial charge in [-0.3, -0.25) is 9.59 Å². The molecule has 8 heteroatoms. The molecule has 182 valence electrons. The maximum absolute atomic E-state index is 12.7. The first-order valence-corrected chi connectivity index (χ1v) is 11.5. The van der Waals surface area contributed by atoms with Crippen LogP contribution < -0.4 is 27.6 Å². The van der Waals surface area contributed by atoms with E-state index in [4.69, 9.17) is 10.5 Å². The summed E-state index contributed by atoms with van der Waals surface area (Å²) in [6, 6.07) is 17.2. The SMILES string of the molecule is Cc1c(CNC(=O)c2ccc(C#N)cc2)c(C)[n+]2c(c1CNC(=O)c1ccc(C#N)cc1)CCC2.[Cl-]. The average molecular weight is 500 g/mol. The normalized spacial score (nSPS) is 11.4. The smallest absolute Gasteiger partial charge is 0.251 e. The number of hydrogen-bond donors (Lipinski definition) is 2. The largest absolute Gasteiger partial charge is 1.00 e. The first-order valence-electron chi connectivity index (χ1n) is 11.5. The minimum atomic E-state index is -0.200. The number of nitrogens with one attached hydrogen (secondary N) is 2. The highest BCUT2D eigenvalue weighted by Gasteiger charge is 2.30. The Morgan fingerprint density at radius 1 is 0.833 bits per heavy atom. The van der Waals surface area contributed by atoms with Crippen LogP contribution in [0.3, 0.4) is 0 Å². The molecule has 7 nitrogen and oxygen atoms in total. The highest BCUT2D eigenvalue weighted by molar-refractivity contribution is 5.94. The molecule has 0 unspecified atom stereocenters. The van der Waals surface area contributed by atoms with Crippen LogP contribution in [0.1, 0.15) is 66.3 Å². The molecular formula is C28H26ClN5O2. The van der Waals surface area contributed by atoms with Crippen molar-refractivity contribution >= 4 is 11.8 Å². The van der Waals surface area contributed by atoms with Crippen molar-refractivity contribution < 1.29 is 26.6 Å². The van der Waals surface area contributed by atoms with Gasteiger partial charge in [-0.2, -0.15) is 15.1 Å². The van der Waals surface area contributed by atoms with Crippen molar-refractivity contribution in [1.29, 1.82) is 10.5 Å². The number of aromatic nitrogens is 1. The number of benzene rings is 2. The lowest BCUT2D eigenvalue weighted by molar-refractivity contribution is -0.697. The molecule has 0 saturated heterocycles. The lowest BCUT2D eigenvalue weighted by Gasteiger charge is -2.16. The number of amides is 2. The summed E-state index contributed by atoms with van der Waals surface area (Å²) in [5, 5.41) is 23.9. The van der Waals surface area contributed by atoms with E-state index in [1.165, 1.54) is 5.69 Å². The quantitative estimate of drug-likeness (QED) is 0.470. The molecule has 0 aliphatic carbocycles. The van der Waals surface area contributed by atoms with Gasteiger partial charge in [-0.1, -0.05) is 0 Å². The second-order valence-electron chi connectivity index (χ2n) is 8.61. The van der Waals surface area contributed by atoms with Crippen molar-refractivity contribution in [3.8, 4) is 12.1 Å². The number of rotatable bonds is 6. The third-order valence-electron chi connectivity index (χ3n) is 6.62. The lowest BCUT2D eigenvalue weighted by atomic mass is 9.98. The van der Waals surface area contributed by atoms with Gasteiger partial charge in [0.05, 0.1) is 23.3 Å². The molecule has 4 rings (SSSR count). The summed E-state index contributed by atoms with van der Waals surface area (Å²) in [7, 11) is 0. The number of nitrogens with zero attached hydrogens (tertiary/aromatic N) is 3. The van der Waals surface area contributed by atoms with Gasteiger partial charge < -0.3 is 23.0 Å². The second kappa shape index (κ2) is 11.5. The maximum atomic E-state index is 12.7. The van der Waals surface area contributed by atoms with Crippen molar-refractivity contribution in [2.75, 3.05) is 0 Å². The van der Waals surface area contributed by atoms with Gasteiger partial charge in [-0.25, -0.2) is 0 Å². The molecule has 2 amide bonds. The summed E-state index contributed by atoms with van der Waals surface area (Å²) in [5.74, 6) is -0.392. The topological polar surface area (TPSA) is 110 Å². The Morgan fingerprint density at radius 2 is 1.31 bits per heavy atom. The fraction of sp³-hybridized carbons (Fsp3) is 0.250. The molecular weight excluding hydrogens is 474 g/mol. The molecule has 0 bridgehead atoms. The Hall–Kier alpha value is -4.20. The van der Waals surface area contributed by atoms with Gasteiger partial charge in [0.15, 0.2) is 11.4 Å². The number of halogens is 1. The molecule has 36 heavy (non-hydrogen) atoms. The second-order valence-corrected chi connectivity index (χ2v) is 8.61. The van der Waals surface area contributed by atoms with Crippen LogP contribution in [0, 0.1) is 36.5 Å². The Morgan fingerprint density at radius 3 is 1.78 bits per heavy atom. The van der Waals surface area contributed by atoms with E-state index in [2.05, 4.69) is 34.3 Å². The van der Waals surface area contributed by atoms with Gasteiger partial charge in [0.25, 0.3) is 11.8 Å². The molecule has 1 aliphatic heterocycles. The van der Waals surface area contributed by atoms with Gasteiger partial charge in [0, 0.05) is 55.1 Å². The number of pyridine rings is 1.